The number of nitrogens with one attached hydrogen (secondary N) is 1. The summed E-state index contributed by atoms with van der Waals surface area (Å²) >= 11 is 1.41. The smallest absolute Gasteiger partial charge is 0.266 e. The molecule has 1 N–H and O–H groups in total. The number of para-hydroxylation sites is 2. The van der Waals surface area contributed by atoms with E-state index in [1.54, 1.807) is 0 Å². The Morgan fingerprint density at radius 2 is 1.86 bits per heavy atom. The van der Waals surface area contributed by atoms with Gasteiger partial charge < -0.3 is 15.0 Å². The third-order valence-corrected chi connectivity index (χ3v) is 5.77. The van der Waals surface area contributed by atoms with Gasteiger partial charge in [-0.1, -0.05) is 12.1 Å². The first kappa shape index (κ1) is 20.1. The molecule has 0 unspecified atom stereocenters. The minimum Gasteiger partial charge on any atom is -0.492 e. The van der Waals surface area contributed by atoms with Crippen molar-refractivity contribution in [1.82, 2.24) is 9.97 Å². The monoisotopic (exact) mass is 398 g/mol. The molecule has 0 bridgehead atoms. The second kappa shape index (κ2) is 8.56. The van der Waals surface area contributed by atoms with Gasteiger partial charge in [-0.05, 0) is 52.3 Å². The van der Waals surface area contributed by atoms with Crippen molar-refractivity contribution in [2.75, 3.05) is 29.9 Å². The van der Waals surface area contributed by atoms with E-state index >= 15 is 0 Å². The molecule has 148 valence electrons. The largest absolute Gasteiger partial charge is 0.492 e. The highest BCUT2D eigenvalue weighted by molar-refractivity contribution is 7.20. The topological polar surface area (TPSA) is 67.3 Å². The first-order chi connectivity index (χ1) is 13.5. The number of carbonyl (C=O) groups is 1. The predicted octanol–water partition coefficient (Wildman–Crippen LogP) is 4.81. The van der Waals surface area contributed by atoms with Gasteiger partial charge in [0, 0.05) is 13.1 Å². The molecule has 0 fully saturated rings. The number of fused-ring (bicyclic) bond motifs is 1. The van der Waals surface area contributed by atoms with Crippen molar-refractivity contribution in [3.05, 3.63) is 40.5 Å². The number of aryl methyl sites for hydroxylation is 2. The van der Waals surface area contributed by atoms with Crippen molar-refractivity contribution >= 4 is 39.0 Å². The summed E-state index contributed by atoms with van der Waals surface area (Å²) in [5.74, 6) is 2.12. The molecule has 0 aliphatic rings. The van der Waals surface area contributed by atoms with Crippen molar-refractivity contribution < 1.29 is 9.53 Å². The van der Waals surface area contributed by atoms with Crippen LogP contribution in [-0.2, 0) is 0 Å². The number of amides is 1. The molecule has 6 nitrogen and oxygen atoms in total. The van der Waals surface area contributed by atoms with E-state index in [0.717, 1.165) is 34.7 Å². The number of thiophene rings is 1. The normalized spacial score (nSPS) is 10.9. The van der Waals surface area contributed by atoms with Crippen molar-refractivity contribution in [1.29, 1.82) is 0 Å². The van der Waals surface area contributed by atoms with E-state index < -0.39 is 0 Å². The Bertz CT molecular complexity index is 995. The van der Waals surface area contributed by atoms with E-state index in [2.05, 4.69) is 34.0 Å². The van der Waals surface area contributed by atoms with Crippen molar-refractivity contribution in [2.45, 2.75) is 34.6 Å². The van der Waals surface area contributed by atoms with Gasteiger partial charge in [0.1, 0.15) is 22.2 Å². The average molecular weight is 399 g/mol. The Morgan fingerprint density at radius 1 is 1.14 bits per heavy atom. The molecule has 1 aromatic carbocycles. The molecule has 0 radical (unpaired) electrons. The fourth-order valence-corrected chi connectivity index (χ4v) is 4.34. The lowest BCUT2D eigenvalue weighted by Gasteiger charge is -2.21. The summed E-state index contributed by atoms with van der Waals surface area (Å²) in [4.78, 5) is 26.0. The third kappa shape index (κ3) is 3.80. The molecule has 0 atom stereocenters. The molecule has 1 amide bonds. The number of aromatic nitrogens is 2. The van der Waals surface area contributed by atoms with Crippen LogP contribution < -0.4 is 15.0 Å². The van der Waals surface area contributed by atoms with E-state index in [4.69, 9.17) is 4.74 Å². The van der Waals surface area contributed by atoms with Crippen LogP contribution in [0.25, 0.3) is 10.2 Å². The maximum absolute atomic E-state index is 13.0. The fourth-order valence-electron chi connectivity index (χ4n) is 3.22. The minimum absolute atomic E-state index is 0.157. The van der Waals surface area contributed by atoms with Gasteiger partial charge in [0.25, 0.3) is 5.91 Å². The highest BCUT2D eigenvalue weighted by atomic mass is 32.1. The van der Waals surface area contributed by atoms with Crippen LogP contribution in [0.1, 0.15) is 41.8 Å². The Balaban J connectivity index is 2.03. The maximum Gasteiger partial charge on any atom is 0.266 e. The van der Waals surface area contributed by atoms with Gasteiger partial charge in [-0.15, -0.1) is 11.3 Å². The molecule has 2 aromatic heterocycles. The van der Waals surface area contributed by atoms with Gasteiger partial charge in [-0.3, -0.25) is 4.79 Å². The number of nitrogens with zero attached hydrogens (tertiary/aromatic N) is 3. The SMILES string of the molecule is CCOc1ccccc1NC(=O)c1sc2nc(C)nc(N(CC)CC)c2c1C. The molecule has 0 saturated carbocycles. The highest BCUT2D eigenvalue weighted by Crippen LogP contribution is 2.36. The zero-order chi connectivity index (χ0) is 20.3. The van der Waals surface area contributed by atoms with Crippen molar-refractivity contribution in [3.63, 3.8) is 0 Å². The van der Waals surface area contributed by atoms with Crippen LogP contribution in [0.4, 0.5) is 11.5 Å². The van der Waals surface area contributed by atoms with Crippen LogP contribution in [-0.4, -0.2) is 35.6 Å². The first-order valence-electron chi connectivity index (χ1n) is 9.55. The molecule has 0 saturated heterocycles. The predicted molar refractivity (Wildman–Crippen MR) is 116 cm³/mol. The number of carbonyl (C=O) groups excluding carboxylic acids is 1. The van der Waals surface area contributed by atoms with Gasteiger partial charge in [0.2, 0.25) is 0 Å². The molecular formula is C21H26N4O2S. The zero-order valence-electron chi connectivity index (χ0n) is 17.0. The lowest BCUT2D eigenvalue weighted by Crippen LogP contribution is -2.23. The summed E-state index contributed by atoms with van der Waals surface area (Å²) in [5.41, 5.74) is 1.57. The average Bonchev–Trinajstić information content (AvgIpc) is 3.01. The number of hydrogen-bond acceptors (Lipinski definition) is 6. The first-order valence-corrected chi connectivity index (χ1v) is 10.4. The third-order valence-electron chi connectivity index (χ3n) is 4.59. The number of ether oxygens (including phenoxy) is 1. The van der Waals surface area contributed by atoms with Gasteiger partial charge >= 0.3 is 0 Å². The minimum atomic E-state index is -0.157. The highest BCUT2D eigenvalue weighted by Gasteiger charge is 2.22. The van der Waals surface area contributed by atoms with Crippen LogP contribution in [0.2, 0.25) is 0 Å². The molecule has 0 aliphatic heterocycles. The Kier molecular flexibility index (Phi) is 6.14. The van der Waals surface area contributed by atoms with Crippen molar-refractivity contribution in [3.8, 4) is 5.75 Å². The second-order valence-corrected chi connectivity index (χ2v) is 7.39. The lowest BCUT2D eigenvalue weighted by molar-refractivity contribution is 0.102. The van der Waals surface area contributed by atoms with E-state index in [1.807, 2.05) is 45.0 Å². The molecule has 0 aliphatic carbocycles. The van der Waals surface area contributed by atoms with Crippen LogP contribution in [0.3, 0.4) is 0 Å². The van der Waals surface area contributed by atoms with Gasteiger partial charge in [-0.25, -0.2) is 9.97 Å². The van der Waals surface area contributed by atoms with Crippen LogP contribution >= 0.6 is 11.3 Å². The van der Waals surface area contributed by atoms with E-state index in [-0.39, 0.29) is 5.91 Å². The Labute approximate surface area is 169 Å². The molecule has 2 heterocycles. The molecule has 7 heteroatoms. The summed E-state index contributed by atoms with van der Waals surface area (Å²) in [6.07, 6.45) is 0. The number of anilines is 2. The van der Waals surface area contributed by atoms with E-state index in [0.29, 0.717) is 28.7 Å². The zero-order valence-corrected chi connectivity index (χ0v) is 17.8. The Hall–Kier alpha value is -2.67. The van der Waals surface area contributed by atoms with E-state index in [1.165, 1.54) is 11.3 Å². The molecule has 3 aromatic rings. The summed E-state index contributed by atoms with van der Waals surface area (Å²) in [6.45, 7) is 12.2. The fraction of sp³-hybridized carbons (Fsp3) is 0.381. The van der Waals surface area contributed by atoms with Gasteiger partial charge in [-0.2, -0.15) is 0 Å². The summed E-state index contributed by atoms with van der Waals surface area (Å²) < 4.78 is 5.62. The second-order valence-electron chi connectivity index (χ2n) is 6.39. The molecule has 3 rings (SSSR count). The number of hydrogen-bond donors (Lipinski definition) is 1. The number of rotatable bonds is 7. The standard InChI is InChI=1S/C21H26N4O2S/c1-6-25(7-2)19-17-13(4)18(28-21(17)23-14(5)22-19)20(26)24-15-11-9-10-12-16(15)27-8-3/h9-12H,6-8H2,1-5H3,(H,24,26). The summed E-state index contributed by atoms with van der Waals surface area (Å²) in [6, 6.07) is 7.46. The molecular weight excluding hydrogens is 372 g/mol. The van der Waals surface area contributed by atoms with Crippen LogP contribution in [0, 0.1) is 13.8 Å². The van der Waals surface area contributed by atoms with Gasteiger partial charge in [0.05, 0.1) is 22.6 Å². The molecule has 28 heavy (non-hydrogen) atoms. The Morgan fingerprint density at radius 3 is 2.54 bits per heavy atom. The van der Waals surface area contributed by atoms with E-state index in [9.17, 15) is 4.79 Å². The van der Waals surface area contributed by atoms with Crippen LogP contribution in [0.5, 0.6) is 5.75 Å². The summed E-state index contributed by atoms with van der Waals surface area (Å²) in [7, 11) is 0. The lowest BCUT2D eigenvalue weighted by atomic mass is 10.1. The molecule has 0 spiro atoms. The van der Waals surface area contributed by atoms with Gasteiger partial charge in [0.15, 0.2) is 0 Å². The van der Waals surface area contributed by atoms with Crippen molar-refractivity contribution in [2.24, 2.45) is 0 Å². The summed E-state index contributed by atoms with van der Waals surface area (Å²) in [5, 5.41) is 3.95. The number of benzene rings is 1. The quantitative estimate of drug-likeness (QED) is 0.619. The van der Waals surface area contributed by atoms with Crippen LogP contribution in [0.15, 0.2) is 24.3 Å². The maximum atomic E-state index is 13.0.